The summed E-state index contributed by atoms with van der Waals surface area (Å²) >= 11 is 0. The SMILES string of the molecule is CC(C)N(CCCCOc1ccccc1C(F)(F)F)CC(=O)O. The predicted octanol–water partition coefficient (Wildman–Crippen LogP) is 3.66. The van der Waals surface area contributed by atoms with Gasteiger partial charge in [-0.3, -0.25) is 9.69 Å². The zero-order valence-electron chi connectivity index (χ0n) is 13.3. The molecule has 0 saturated heterocycles. The Morgan fingerprint density at radius 1 is 1.26 bits per heavy atom. The van der Waals surface area contributed by atoms with Crippen molar-refractivity contribution in [2.75, 3.05) is 19.7 Å². The molecule has 0 aliphatic rings. The summed E-state index contributed by atoms with van der Waals surface area (Å²) in [5.41, 5.74) is -0.783. The second-order valence-corrected chi connectivity index (χ2v) is 5.51. The van der Waals surface area contributed by atoms with Crippen molar-refractivity contribution in [2.45, 2.75) is 38.9 Å². The molecule has 1 rings (SSSR count). The van der Waals surface area contributed by atoms with Crippen molar-refractivity contribution in [1.82, 2.24) is 4.90 Å². The van der Waals surface area contributed by atoms with Crippen LogP contribution in [0, 0.1) is 0 Å². The number of halogens is 3. The number of nitrogens with zero attached hydrogens (tertiary/aromatic N) is 1. The fourth-order valence-electron chi connectivity index (χ4n) is 2.12. The highest BCUT2D eigenvalue weighted by atomic mass is 19.4. The number of carboxylic acids is 1. The Hall–Kier alpha value is -1.76. The van der Waals surface area contributed by atoms with Gasteiger partial charge in [0.2, 0.25) is 0 Å². The third-order valence-corrected chi connectivity index (χ3v) is 3.36. The minimum Gasteiger partial charge on any atom is -0.493 e. The molecule has 0 fully saturated rings. The molecule has 4 nitrogen and oxygen atoms in total. The van der Waals surface area contributed by atoms with E-state index in [0.717, 1.165) is 6.07 Å². The van der Waals surface area contributed by atoms with Crippen LogP contribution in [0.4, 0.5) is 13.2 Å². The molecule has 0 amide bonds. The molecule has 23 heavy (non-hydrogen) atoms. The van der Waals surface area contributed by atoms with E-state index < -0.39 is 17.7 Å². The average Bonchev–Trinajstić information content (AvgIpc) is 2.44. The van der Waals surface area contributed by atoms with E-state index in [-0.39, 0.29) is 24.9 Å². The summed E-state index contributed by atoms with van der Waals surface area (Å²) in [4.78, 5) is 12.5. The largest absolute Gasteiger partial charge is 0.493 e. The lowest BCUT2D eigenvalue weighted by Gasteiger charge is -2.24. The van der Waals surface area contributed by atoms with Crippen LogP contribution in [0.1, 0.15) is 32.3 Å². The van der Waals surface area contributed by atoms with Gasteiger partial charge in [-0.05, 0) is 45.4 Å². The number of hydrogen-bond acceptors (Lipinski definition) is 3. The van der Waals surface area contributed by atoms with Gasteiger partial charge < -0.3 is 9.84 Å². The summed E-state index contributed by atoms with van der Waals surface area (Å²) in [5, 5.41) is 8.82. The number of ether oxygens (including phenoxy) is 1. The Morgan fingerprint density at radius 2 is 1.91 bits per heavy atom. The molecule has 130 valence electrons. The van der Waals surface area contributed by atoms with Crippen LogP contribution in [0.2, 0.25) is 0 Å². The number of unbranched alkanes of at least 4 members (excludes halogenated alkanes) is 1. The van der Waals surface area contributed by atoms with E-state index in [4.69, 9.17) is 9.84 Å². The van der Waals surface area contributed by atoms with Gasteiger partial charge in [-0.25, -0.2) is 0 Å². The second kappa shape index (κ2) is 8.76. The molecule has 0 heterocycles. The van der Waals surface area contributed by atoms with Crippen LogP contribution >= 0.6 is 0 Å². The van der Waals surface area contributed by atoms with Crippen molar-refractivity contribution >= 4 is 5.97 Å². The van der Waals surface area contributed by atoms with Crippen LogP contribution in [-0.4, -0.2) is 41.7 Å². The molecule has 0 radical (unpaired) electrons. The van der Waals surface area contributed by atoms with Gasteiger partial charge >= 0.3 is 12.1 Å². The van der Waals surface area contributed by atoms with Gasteiger partial charge in [0.25, 0.3) is 0 Å². The van der Waals surface area contributed by atoms with Crippen molar-refractivity contribution < 1.29 is 27.8 Å². The van der Waals surface area contributed by atoms with Crippen molar-refractivity contribution in [3.05, 3.63) is 29.8 Å². The zero-order chi connectivity index (χ0) is 17.5. The number of aliphatic carboxylic acids is 1. The van der Waals surface area contributed by atoms with E-state index in [1.807, 2.05) is 13.8 Å². The topological polar surface area (TPSA) is 49.8 Å². The highest BCUT2D eigenvalue weighted by molar-refractivity contribution is 5.69. The maximum Gasteiger partial charge on any atom is 0.419 e. The zero-order valence-corrected chi connectivity index (χ0v) is 13.3. The molecule has 1 aromatic carbocycles. The Labute approximate surface area is 133 Å². The molecule has 1 aromatic rings. The fourth-order valence-corrected chi connectivity index (χ4v) is 2.12. The van der Waals surface area contributed by atoms with Crippen molar-refractivity contribution in [3.8, 4) is 5.75 Å². The number of para-hydroxylation sites is 1. The number of hydrogen-bond donors (Lipinski definition) is 1. The van der Waals surface area contributed by atoms with E-state index in [2.05, 4.69) is 0 Å². The molecule has 7 heteroatoms. The van der Waals surface area contributed by atoms with Crippen LogP contribution < -0.4 is 4.74 Å². The van der Waals surface area contributed by atoms with E-state index >= 15 is 0 Å². The number of carboxylic acid groups (broad SMARTS) is 1. The Balaban J connectivity index is 2.42. The monoisotopic (exact) mass is 333 g/mol. The maximum absolute atomic E-state index is 12.8. The molecule has 0 bridgehead atoms. The van der Waals surface area contributed by atoms with Crippen molar-refractivity contribution in [1.29, 1.82) is 0 Å². The lowest BCUT2D eigenvalue weighted by molar-refractivity contribution is -0.139. The molecule has 0 aliphatic heterocycles. The summed E-state index contributed by atoms with van der Waals surface area (Å²) in [6.07, 6.45) is -3.23. The van der Waals surface area contributed by atoms with E-state index in [1.54, 1.807) is 4.90 Å². The molecule has 0 unspecified atom stereocenters. The first kappa shape index (κ1) is 19.3. The molecular weight excluding hydrogens is 311 g/mol. The van der Waals surface area contributed by atoms with Crippen LogP contribution in [0.5, 0.6) is 5.75 Å². The highest BCUT2D eigenvalue weighted by Crippen LogP contribution is 2.35. The summed E-state index contributed by atoms with van der Waals surface area (Å²) in [7, 11) is 0. The number of carbonyl (C=O) groups is 1. The summed E-state index contributed by atoms with van der Waals surface area (Å²) in [5.74, 6) is -1.07. The first-order chi connectivity index (χ1) is 10.7. The summed E-state index contributed by atoms with van der Waals surface area (Å²) < 4.78 is 43.6. The molecule has 0 aliphatic carbocycles. The summed E-state index contributed by atoms with van der Waals surface area (Å²) in [6.45, 7) is 4.48. The third-order valence-electron chi connectivity index (χ3n) is 3.36. The van der Waals surface area contributed by atoms with Gasteiger partial charge in [0, 0.05) is 6.04 Å². The van der Waals surface area contributed by atoms with Gasteiger partial charge in [-0.2, -0.15) is 13.2 Å². The van der Waals surface area contributed by atoms with Gasteiger partial charge in [0.1, 0.15) is 5.75 Å². The van der Waals surface area contributed by atoms with Crippen LogP contribution in [0.25, 0.3) is 0 Å². The number of alkyl halides is 3. The Kier molecular flexibility index (Phi) is 7.35. The van der Waals surface area contributed by atoms with Crippen molar-refractivity contribution in [2.24, 2.45) is 0 Å². The Bertz CT molecular complexity index is 504. The standard InChI is InChI=1S/C16H22F3NO3/c1-12(2)20(11-15(21)22)9-5-6-10-23-14-8-4-3-7-13(14)16(17,18)19/h3-4,7-8,12H,5-6,9-11H2,1-2H3,(H,21,22). The lowest BCUT2D eigenvalue weighted by Crippen LogP contribution is -2.36. The van der Waals surface area contributed by atoms with Crippen LogP contribution in [-0.2, 0) is 11.0 Å². The van der Waals surface area contributed by atoms with E-state index in [1.165, 1.54) is 18.2 Å². The van der Waals surface area contributed by atoms with Crippen molar-refractivity contribution in [3.63, 3.8) is 0 Å². The molecule has 1 N–H and O–H groups in total. The molecular formula is C16H22F3NO3. The first-order valence-corrected chi connectivity index (χ1v) is 7.46. The molecule has 0 aromatic heterocycles. The second-order valence-electron chi connectivity index (χ2n) is 5.51. The minimum absolute atomic E-state index is 0.0462. The maximum atomic E-state index is 12.8. The van der Waals surface area contributed by atoms with Gasteiger partial charge in [-0.1, -0.05) is 12.1 Å². The van der Waals surface area contributed by atoms with E-state index in [0.29, 0.717) is 19.4 Å². The highest BCUT2D eigenvalue weighted by Gasteiger charge is 2.33. The third kappa shape index (κ3) is 6.90. The minimum atomic E-state index is -4.44. The Morgan fingerprint density at radius 3 is 2.48 bits per heavy atom. The smallest absolute Gasteiger partial charge is 0.419 e. The molecule has 0 saturated carbocycles. The van der Waals surface area contributed by atoms with Gasteiger partial charge in [0.05, 0.1) is 18.7 Å². The summed E-state index contributed by atoms with van der Waals surface area (Å²) in [6, 6.07) is 5.20. The number of rotatable bonds is 9. The van der Waals surface area contributed by atoms with E-state index in [9.17, 15) is 18.0 Å². The molecule has 0 atom stereocenters. The van der Waals surface area contributed by atoms with Crippen LogP contribution in [0.3, 0.4) is 0 Å². The van der Waals surface area contributed by atoms with Crippen LogP contribution in [0.15, 0.2) is 24.3 Å². The average molecular weight is 333 g/mol. The molecule has 0 spiro atoms. The normalized spacial score (nSPS) is 12.0. The first-order valence-electron chi connectivity index (χ1n) is 7.46. The lowest BCUT2D eigenvalue weighted by atomic mass is 10.2. The number of benzene rings is 1. The quantitative estimate of drug-likeness (QED) is 0.701. The fraction of sp³-hybridized carbons (Fsp3) is 0.562. The van der Waals surface area contributed by atoms with Gasteiger partial charge in [0.15, 0.2) is 0 Å². The van der Waals surface area contributed by atoms with Gasteiger partial charge in [-0.15, -0.1) is 0 Å². The predicted molar refractivity (Wildman–Crippen MR) is 80.5 cm³/mol.